The summed E-state index contributed by atoms with van der Waals surface area (Å²) in [7, 11) is 3.27. The van der Waals surface area contributed by atoms with E-state index < -0.39 is 0 Å². The number of hydrogen-bond donors (Lipinski definition) is 0. The minimum Gasteiger partial charge on any atom is -0.493 e. The van der Waals surface area contributed by atoms with Gasteiger partial charge in [0.1, 0.15) is 6.10 Å². The largest absolute Gasteiger partial charge is 0.493 e. The van der Waals surface area contributed by atoms with Crippen molar-refractivity contribution in [2.75, 3.05) is 32.2 Å². The fraction of sp³-hybridized carbons (Fsp3) is 0.412. The molecule has 1 aromatic heterocycles. The van der Waals surface area contributed by atoms with Crippen LogP contribution in [-0.2, 0) is 0 Å². The maximum atomic E-state index is 6.17. The molecule has 6 heteroatoms. The number of nitrogens with zero attached hydrogens (tertiary/aromatic N) is 3. The second kappa shape index (κ2) is 7.17. The van der Waals surface area contributed by atoms with Crippen LogP contribution in [0.15, 0.2) is 36.7 Å². The van der Waals surface area contributed by atoms with E-state index in [-0.39, 0.29) is 6.10 Å². The van der Waals surface area contributed by atoms with Crippen LogP contribution in [0, 0.1) is 0 Å². The molecule has 0 N–H and O–H groups in total. The van der Waals surface area contributed by atoms with Gasteiger partial charge in [-0.3, -0.25) is 0 Å². The number of hydrogen-bond acceptors (Lipinski definition) is 6. The fourth-order valence-corrected chi connectivity index (χ4v) is 2.73. The van der Waals surface area contributed by atoms with Crippen LogP contribution in [0.3, 0.4) is 0 Å². The Bertz CT molecular complexity index is 606. The quantitative estimate of drug-likeness (QED) is 0.845. The van der Waals surface area contributed by atoms with Gasteiger partial charge < -0.3 is 19.1 Å². The Balaban J connectivity index is 1.65. The first-order valence-corrected chi connectivity index (χ1v) is 7.71. The molecular weight excluding hydrogens is 294 g/mol. The van der Waals surface area contributed by atoms with Crippen molar-refractivity contribution in [2.24, 2.45) is 0 Å². The lowest BCUT2D eigenvalue weighted by molar-refractivity contribution is 0.157. The maximum absolute atomic E-state index is 6.17. The molecule has 0 saturated carbocycles. The highest BCUT2D eigenvalue weighted by Gasteiger charge is 2.24. The van der Waals surface area contributed by atoms with Crippen molar-refractivity contribution in [2.45, 2.75) is 18.9 Å². The summed E-state index contributed by atoms with van der Waals surface area (Å²) in [4.78, 5) is 10.8. The Kier molecular flexibility index (Phi) is 4.80. The lowest BCUT2D eigenvalue weighted by atomic mass is 10.1. The molecule has 0 unspecified atom stereocenters. The topological polar surface area (TPSA) is 56.7 Å². The molecule has 23 heavy (non-hydrogen) atoms. The van der Waals surface area contributed by atoms with Crippen LogP contribution in [0.4, 0.5) is 5.95 Å². The van der Waals surface area contributed by atoms with E-state index in [0.717, 1.165) is 31.9 Å². The summed E-state index contributed by atoms with van der Waals surface area (Å²) < 4.78 is 16.9. The number of benzene rings is 1. The van der Waals surface area contributed by atoms with E-state index >= 15 is 0 Å². The van der Waals surface area contributed by atoms with Crippen molar-refractivity contribution >= 4 is 5.95 Å². The molecule has 1 fully saturated rings. The molecule has 0 atom stereocenters. The molecule has 2 aromatic rings. The zero-order valence-electron chi connectivity index (χ0n) is 13.4. The van der Waals surface area contributed by atoms with E-state index in [1.807, 2.05) is 24.3 Å². The Labute approximate surface area is 136 Å². The molecule has 0 amide bonds. The van der Waals surface area contributed by atoms with E-state index in [0.29, 0.717) is 17.2 Å². The molecule has 6 nitrogen and oxygen atoms in total. The van der Waals surface area contributed by atoms with Gasteiger partial charge in [-0.25, -0.2) is 9.97 Å². The molecule has 0 spiro atoms. The highest BCUT2D eigenvalue weighted by Crippen LogP contribution is 2.38. The monoisotopic (exact) mass is 315 g/mol. The fourth-order valence-electron chi connectivity index (χ4n) is 2.73. The highest BCUT2D eigenvalue weighted by atomic mass is 16.5. The summed E-state index contributed by atoms with van der Waals surface area (Å²) in [5.41, 5.74) is 0. The zero-order chi connectivity index (χ0) is 16.1. The van der Waals surface area contributed by atoms with Gasteiger partial charge in [0.25, 0.3) is 0 Å². The molecule has 2 heterocycles. The number of anilines is 1. The average molecular weight is 315 g/mol. The van der Waals surface area contributed by atoms with E-state index in [4.69, 9.17) is 14.2 Å². The number of aromatic nitrogens is 2. The Morgan fingerprint density at radius 1 is 0.957 bits per heavy atom. The van der Waals surface area contributed by atoms with Crippen LogP contribution in [0.25, 0.3) is 0 Å². The first kappa shape index (κ1) is 15.4. The highest BCUT2D eigenvalue weighted by molar-refractivity contribution is 5.51. The van der Waals surface area contributed by atoms with Crippen LogP contribution in [0.2, 0.25) is 0 Å². The van der Waals surface area contributed by atoms with Gasteiger partial charge in [-0.15, -0.1) is 0 Å². The SMILES string of the molecule is COc1cccc(OC)c1OC1CCN(c2ncccn2)CC1. The predicted molar refractivity (Wildman–Crippen MR) is 87.4 cm³/mol. The van der Waals surface area contributed by atoms with Crippen LogP contribution in [0.5, 0.6) is 17.2 Å². The molecule has 1 aromatic carbocycles. The predicted octanol–water partition coefficient (Wildman–Crippen LogP) is 2.54. The van der Waals surface area contributed by atoms with Crippen LogP contribution in [-0.4, -0.2) is 43.4 Å². The molecule has 1 aliphatic heterocycles. The molecule has 0 radical (unpaired) electrons. The van der Waals surface area contributed by atoms with E-state index in [2.05, 4.69) is 14.9 Å². The molecular formula is C17H21N3O3. The molecule has 1 saturated heterocycles. The Hall–Kier alpha value is -2.50. The van der Waals surface area contributed by atoms with Crippen molar-refractivity contribution in [1.29, 1.82) is 0 Å². The number of ether oxygens (including phenoxy) is 3. The Morgan fingerprint density at radius 3 is 2.13 bits per heavy atom. The van der Waals surface area contributed by atoms with Gasteiger partial charge >= 0.3 is 0 Å². The minimum atomic E-state index is 0.125. The van der Waals surface area contributed by atoms with E-state index in [1.165, 1.54) is 0 Å². The van der Waals surface area contributed by atoms with Crippen molar-refractivity contribution in [3.63, 3.8) is 0 Å². The summed E-state index contributed by atoms with van der Waals surface area (Å²) in [5.74, 6) is 2.84. The first-order chi connectivity index (χ1) is 11.3. The third kappa shape index (κ3) is 3.47. The second-order valence-electron chi connectivity index (χ2n) is 5.34. The zero-order valence-corrected chi connectivity index (χ0v) is 13.4. The number of rotatable bonds is 5. The van der Waals surface area contributed by atoms with Crippen LogP contribution in [0.1, 0.15) is 12.8 Å². The van der Waals surface area contributed by atoms with Gasteiger partial charge in [-0.1, -0.05) is 6.07 Å². The van der Waals surface area contributed by atoms with E-state index in [1.54, 1.807) is 26.6 Å². The summed E-state index contributed by atoms with van der Waals surface area (Å²) in [6.45, 7) is 1.73. The van der Waals surface area contributed by atoms with Gasteiger partial charge in [-0.05, 0) is 18.2 Å². The van der Waals surface area contributed by atoms with Gasteiger partial charge in [-0.2, -0.15) is 0 Å². The third-order valence-corrected chi connectivity index (χ3v) is 3.94. The minimum absolute atomic E-state index is 0.125. The first-order valence-electron chi connectivity index (χ1n) is 7.71. The normalized spacial score (nSPS) is 15.3. The van der Waals surface area contributed by atoms with Crippen molar-refractivity contribution in [1.82, 2.24) is 9.97 Å². The standard InChI is InChI=1S/C17H21N3O3/c1-21-14-5-3-6-15(22-2)16(14)23-13-7-11-20(12-8-13)17-18-9-4-10-19-17/h3-6,9-10,13H,7-8,11-12H2,1-2H3. The lowest BCUT2D eigenvalue weighted by Gasteiger charge is -2.32. The number of piperidine rings is 1. The average Bonchev–Trinajstić information content (AvgIpc) is 2.63. The van der Waals surface area contributed by atoms with Gasteiger partial charge in [0.2, 0.25) is 11.7 Å². The lowest BCUT2D eigenvalue weighted by Crippen LogP contribution is -2.39. The molecule has 3 rings (SSSR count). The Morgan fingerprint density at radius 2 is 1.57 bits per heavy atom. The van der Waals surface area contributed by atoms with Gasteiger partial charge in [0.05, 0.1) is 14.2 Å². The maximum Gasteiger partial charge on any atom is 0.225 e. The summed E-state index contributed by atoms with van der Waals surface area (Å²) >= 11 is 0. The van der Waals surface area contributed by atoms with Crippen molar-refractivity contribution in [3.8, 4) is 17.2 Å². The smallest absolute Gasteiger partial charge is 0.225 e. The number of methoxy groups -OCH3 is 2. The third-order valence-electron chi connectivity index (χ3n) is 3.94. The molecule has 122 valence electrons. The molecule has 1 aliphatic rings. The summed E-state index contributed by atoms with van der Waals surface area (Å²) in [6.07, 6.45) is 5.47. The summed E-state index contributed by atoms with van der Waals surface area (Å²) in [5, 5.41) is 0. The molecule has 0 bridgehead atoms. The van der Waals surface area contributed by atoms with Gasteiger partial charge in [0.15, 0.2) is 11.5 Å². The second-order valence-corrected chi connectivity index (χ2v) is 5.34. The molecule has 0 aliphatic carbocycles. The van der Waals surface area contributed by atoms with Gasteiger partial charge in [0, 0.05) is 38.3 Å². The van der Waals surface area contributed by atoms with Crippen LogP contribution >= 0.6 is 0 Å². The van der Waals surface area contributed by atoms with Crippen LogP contribution < -0.4 is 19.1 Å². The summed E-state index contributed by atoms with van der Waals surface area (Å²) in [6, 6.07) is 7.47. The number of para-hydroxylation sites is 1. The van der Waals surface area contributed by atoms with E-state index in [9.17, 15) is 0 Å². The van der Waals surface area contributed by atoms with Crippen molar-refractivity contribution < 1.29 is 14.2 Å². The van der Waals surface area contributed by atoms with Crippen molar-refractivity contribution in [3.05, 3.63) is 36.7 Å².